The predicted octanol–water partition coefficient (Wildman–Crippen LogP) is 1.44. The van der Waals surface area contributed by atoms with Gasteiger partial charge in [-0.2, -0.15) is 0 Å². The van der Waals surface area contributed by atoms with Gasteiger partial charge in [-0.05, 0) is 31.1 Å². The van der Waals surface area contributed by atoms with Gasteiger partial charge in [0, 0.05) is 12.1 Å². The molecule has 2 fully saturated rings. The summed E-state index contributed by atoms with van der Waals surface area (Å²) in [7, 11) is 0. The molecule has 0 saturated heterocycles. The van der Waals surface area contributed by atoms with Crippen LogP contribution in [-0.4, -0.2) is 21.9 Å². The Balaban J connectivity index is 1.72. The van der Waals surface area contributed by atoms with E-state index in [4.69, 9.17) is 17.3 Å². The van der Waals surface area contributed by atoms with Gasteiger partial charge in [0.15, 0.2) is 0 Å². The average molecular weight is 267 g/mol. The van der Waals surface area contributed by atoms with E-state index >= 15 is 0 Å². The summed E-state index contributed by atoms with van der Waals surface area (Å²) in [6, 6.07) is 1.53. The van der Waals surface area contributed by atoms with Gasteiger partial charge in [-0.25, -0.2) is 9.97 Å². The number of rotatable bonds is 2. The third kappa shape index (κ3) is 1.97. The maximum Gasteiger partial charge on any atom is 0.230 e. The predicted molar refractivity (Wildman–Crippen MR) is 68.0 cm³/mol. The minimum absolute atomic E-state index is 0.0129. The monoisotopic (exact) mass is 266 g/mol. The van der Waals surface area contributed by atoms with E-state index in [1.54, 1.807) is 0 Å². The molecule has 1 aromatic heterocycles. The number of amides is 1. The van der Waals surface area contributed by atoms with E-state index in [2.05, 4.69) is 15.3 Å². The van der Waals surface area contributed by atoms with Crippen LogP contribution in [0.2, 0.25) is 5.15 Å². The van der Waals surface area contributed by atoms with E-state index in [1.807, 2.05) is 0 Å². The van der Waals surface area contributed by atoms with Crippen LogP contribution >= 0.6 is 11.6 Å². The van der Waals surface area contributed by atoms with Crippen molar-refractivity contribution >= 4 is 23.3 Å². The minimum atomic E-state index is -0.0857. The van der Waals surface area contributed by atoms with Gasteiger partial charge in [0.25, 0.3) is 0 Å². The van der Waals surface area contributed by atoms with Crippen LogP contribution in [0.4, 0.5) is 5.82 Å². The van der Waals surface area contributed by atoms with E-state index in [9.17, 15) is 4.79 Å². The molecule has 2 aliphatic rings. The first-order chi connectivity index (χ1) is 8.65. The minimum Gasteiger partial charge on any atom is -0.327 e. The van der Waals surface area contributed by atoms with Gasteiger partial charge in [0.2, 0.25) is 5.91 Å². The molecule has 3 rings (SSSR count). The zero-order chi connectivity index (χ0) is 12.7. The maximum atomic E-state index is 12.2. The molecule has 2 bridgehead atoms. The van der Waals surface area contributed by atoms with Crippen molar-refractivity contribution in [3.63, 3.8) is 0 Å². The van der Waals surface area contributed by atoms with Gasteiger partial charge < -0.3 is 11.1 Å². The highest BCUT2D eigenvalue weighted by Gasteiger charge is 2.49. The number of aromatic nitrogens is 2. The molecular weight excluding hydrogens is 252 g/mol. The highest BCUT2D eigenvalue weighted by Crippen LogP contribution is 2.47. The van der Waals surface area contributed by atoms with Crippen LogP contribution in [0.1, 0.15) is 19.3 Å². The largest absolute Gasteiger partial charge is 0.327 e. The SMILES string of the molecule is NC1C2CCC(C2)C1C(=O)Nc1cc(Cl)ncn1. The van der Waals surface area contributed by atoms with Gasteiger partial charge in [0.05, 0.1) is 5.92 Å². The molecule has 1 aromatic rings. The lowest BCUT2D eigenvalue weighted by atomic mass is 9.84. The molecule has 2 aliphatic carbocycles. The van der Waals surface area contributed by atoms with Gasteiger partial charge in [-0.3, -0.25) is 4.79 Å². The fourth-order valence-electron chi connectivity index (χ4n) is 3.34. The fraction of sp³-hybridized carbons (Fsp3) is 0.583. The second kappa shape index (κ2) is 4.48. The number of hydrogen-bond acceptors (Lipinski definition) is 4. The summed E-state index contributed by atoms with van der Waals surface area (Å²) in [6.07, 6.45) is 4.69. The Bertz CT molecular complexity index is 479. The van der Waals surface area contributed by atoms with Crippen molar-refractivity contribution in [1.29, 1.82) is 0 Å². The number of anilines is 1. The molecule has 5 nitrogen and oxygen atoms in total. The van der Waals surface area contributed by atoms with Crippen LogP contribution in [0.15, 0.2) is 12.4 Å². The second-order valence-electron chi connectivity index (χ2n) is 5.15. The summed E-state index contributed by atoms with van der Waals surface area (Å²) in [4.78, 5) is 20.0. The van der Waals surface area contributed by atoms with Gasteiger partial charge >= 0.3 is 0 Å². The first-order valence-electron chi connectivity index (χ1n) is 6.19. The fourth-order valence-corrected chi connectivity index (χ4v) is 3.48. The van der Waals surface area contributed by atoms with Crippen molar-refractivity contribution < 1.29 is 4.79 Å². The summed E-state index contributed by atoms with van der Waals surface area (Å²) < 4.78 is 0. The zero-order valence-corrected chi connectivity index (χ0v) is 10.6. The number of carbonyl (C=O) groups is 1. The van der Waals surface area contributed by atoms with Crippen molar-refractivity contribution in [2.45, 2.75) is 25.3 Å². The van der Waals surface area contributed by atoms with E-state index in [0.717, 1.165) is 19.3 Å². The number of hydrogen-bond donors (Lipinski definition) is 2. The van der Waals surface area contributed by atoms with Crippen molar-refractivity contribution in [3.8, 4) is 0 Å². The van der Waals surface area contributed by atoms with Gasteiger partial charge in [-0.1, -0.05) is 11.6 Å². The molecule has 0 spiro atoms. The summed E-state index contributed by atoms with van der Waals surface area (Å²) >= 11 is 5.75. The molecule has 2 saturated carbocycles. The first kappa shape index (κ1) is 11.9. The summed E-state index contributed by atoms with van der Waals surface area (Å²) in [6.45, 7) is 0. The second-order valence-corrected chi connectivity index (χ2v) is 5.54. The van der Waals surface area contributed by atoms with Crippen molar-refractivity contribution in [3.05, 3.63) is 17.5 Å². The van der Waals surface area contributed by atoms with E-state index in [-0.39, 0.29) is 17.9 Å². The molecule has 1 heterocycles. The summed E-state index contributed by atoms with van der Waals surface area (Å²) in [5.74, 6) is 1.26. The van der Waals surface area contributed by atoms with Crippen LogP contribution in [0.3, 0.4) is 0 Å². The van der Waals surface area contributed by atoms with E-state index < -0.39 is 0 Å². The lowest BCUT2D eigenvalue weighted by molar-refractivity contribution is -0.121. The topological polar surface area (TPSA) is 80.9 Å². The standard InChI is InChI=1S/C12H15ClN4O/c13-8-4-9(16-5-15-8)17-12(18)10-6-1-2-7(3-6)11(10)14/h4-7,10-11H,1-3,14H2,(H,15,16,17,18). The smallest absolute Gasteiger partial charge is 0.230 e. The first-order valence-corrected chi connectivity index (χ1v) is 6.57. The van der Waals surface area contributed by atoms with Crippen LogP contribution < -0.4 is 11.1 Å². The highest BCUT2D eigenvalue weighted by molar-refractivity contribution is 6.29. The maximum absolute atomic E-state index is 12.2. The third-order valence-electron chi connectivity index (χ3n) is 4.17. The van der Waals surface area contributed by atoms with E-state index in [1.165, 1.54) is 12.4 Å². The molecule has 1 amide bonds. The van der Waals surface area contributed by atoms with Crippen LogP contribution in [0.25, 0.3) is 0 Å². The Morgan fingerprint density at radius 3 is 2.83 bits per heavy atom. The Morgan fingerprint density at radius 2 is 2.17 bits per heavy atom. The molecule has 3 N–H and O–H groups in total. The number of carbonyl (C=O) groups excluding carboxylic acids is 1. The molecule has 0 aromatic carbocycles. The number of nitrogens with two attached hydrogens (primary N) is 1. The molecular formula is C12H15ClN4O. The molecule has 4 unspecified atom stereocenters. The molecule has 6 heteroatoms. The van der Waals surface area contributed by atoms with Crippen molar-refractivity contribution in [1.82, 2.24) is 9.97 Å². The average Bonchev–Trinajstić information content (AvgIpc) is 2.89. The molecule has 96 valence electrons. The quantitative estimate of drug-likeness (QED) is 0.794. The Labute approximate surface area is 110 Å². The highest BCUT2D eigenvalue weighted by atomic mass is 35.5. The Kier molecular flexibility index (Phi) is 2.95. The summed E-state index contributed by atoms with van der Waals surface area (Å²) in [5, 5.41) is 3.10. The Morgan fingerprint density at radius 1 is 1.39 bits per heavy atom. The van der Waals surface area contributed by atoms with Crippen LogP contribution in [0.5, 0.6) is 0 Å². The van der Waals surface area contributed by atoms with Gasteiger partial charge in [0.1, 0.15) is 17.3 Å². The lowest BCUT2D eigenvalue weighted by Gasteiger charge is -2.26. The summed E-state index contributed by atoms with van der Waals surface area (Å²) in [5.41, 5.74) is 6.13. The number of fused-ring (bicyclic) bond motifs is 2. The van der Waals surface area contributed by atoms with Crippen LogP contribution in [0, 0.1) is 17.8 Å². The number of halogens is 1. The zero-order valence-electron chi connectivity index (χ0n) is 9.84. The molecule has 4 atom stereocenters. The Hall–Kier alpha value is -1.20. The normalized spacial score (nSPS) is 33.7. The third-order valence-corrected chi connectivity index (χ3v) is 4.38. The van der Waals surface area contributed by atoms with E-state index in [0.29, 0.717) is 22.8 Å². The molecule has 0 aliphatic heterocycles. The molecule has 0 radical (unpaired) electrons. The lowest BCUT2D eigenvalue weighted by Crippen LogP contribution is -2.42. The number of nitrogens with zero attached hydrogens (tertiary/aromatic N) is 2. The van der Waals surface area contributed by atoms with Gasteiger partial charge in [-0.15, -0.1) is 0 Å². The van der Waals surface area contributed by atoms with Crippen molar-refractivity contribution in [2.75, 3.05) is 5.32 Å². The van der Waals surface area contributed by atoms with Crippen LogP contribution in [-0.2, 0) is 4.79 Å². The number of nitrogens with one attached hydrogen (secondary N) is 1. The van der Waals surface area contributed by atoms with Crippen molar-refractivity contribution in [2.24, 2.45) is 23.5 Å². The molecule has 18 heavy (non-hydrogen) atoms.